The second-order valence-corrected chi connectivity index (χ2v) is 4.22. The summed E-state index contributed by atoms with van der Waals surface area (Å²) in [4.78, 5) is 20.6. The molecule has 0 aliphatic heterocycles. The van der Waals surface area contributed by atoms with E-state index in [9.17, 15) is 19.3 Å². The predicted octanol–water partition coefficient (Wildman–Crippen LogP) is 3.99. The maximum absolute atomic E-state index is 13.2. The molecule has 0 unspecified atom stereocenters. The first-order valence-electron chi connectivity index (χ1n) is 5.37. The van der Waals surface area contributed by atoms with E-state index in [4.69, 9.17) is 16.3 Å². The number of halogens is 2. The van der Waals surface area contributed by atoms with Crippen molar-refractivity contribution in [3.8, 4) is 11.5 Å². The molecule has 0 radical (unpaired) electrons. The standard InChI is InChI=1S/C13H7ClFNO4/c14-12-6-10(16(18)19)1-2-13(12)20-11-4-8(7-17)3-9(15)5-11/h1-7H. The van der Waals surface area contributed by atoms with Crippen LogP contribution in [-0.4, -0.2) is 11.2 Å². The number of rotatable bonds is 4. The van der Waals surface area contributed by atoms with Crippen molar-refractivity contribution >= 4 is 23.6 Å². The molecule has 5 nitrogen and oxygen atoms in total. The minimum atomic E-state index is -0.636. The Morgan fingerprint density at radius 3 is 2.60 bits per heavy atom. The number of aldehydes is 1. The van der Waals surface area contributed by atoms with Crippen LogP contribution in [0, 0.1) is 15.9 Å². The van der Waals surface area contributed by atoms with E-state index in [0.717, 1.165) is 18.2 Å². The van der Waals surface area contributed by atoms with Gasteiger partial charge < -0.3 is 4.74 Å². The van der Waals surface area contributed by atoms with Crippen LogP contribution in [-0.2, 0) is 0 Å². The second-order valence-electron chi connectivity index (χ2n) is 3.81. The summed E-state index contributed by atoms with van der Waals surface area (Å²) in [5.41, 5.74) is -0.0757. The summed E-state index contributed by atoms with van der Waals surface area (Å²) in [5.74, 6) is -0.440. The van der Waals surface area contributed by atoms with Crippen molar-refractivity contribution in [1.82, 2.24) is 0 Å². The number of nitrogens with zero attached hydrogens (tertiary/aromatic N) is 1. The highest BCUT2D eigenvalue weighted by molar-refractivity contribution is 6.32. The fourth-order valence-corrected chi connectivity index (χ4v) is 1.74. The van der Waals surface area contributed by atoms with E-state index in [2.05, 4.69) is 0 Å². The molecule has 20 heavy (non-hydrogen) atoms. The molecule has 2 aromatic carbocycles. The first-order chi connectivity index (χ1) is 9.49. The van der Waals surface area contributed by atoms with Crippen molar-refractivity contribution in [2.24, 2.45) is 0 Å². The van der Waals surface area contributed by atoms with Gasteiger partial charge in [0.05, 0.1) is 9.95 Å². The van der Waals surface area contributed by atoms with Gasteiger partial charge in [0.25, 0.3) is 5.69 Å². The summed E-state index contributed by atoms with van der Waals surface area (Å²) in [6.45, 7) is 0. The molecule has 7 heteroatoms. The summed E-state index contributed by atoms with van der Waals surface area (Å²) >= 11 is 5.84. The van der Waals surface area contributed by atoms with Gasteiger partial charge in [0.1, 0.15) is 23.6 Å². The Morgan fingerprint density at radius 1 is 1.25 bits per heavy atom. The summed E-state index contributed by atoms with van der Waals surface area (Å²) in [5, 5.41) is 10.6. The van der Waals surface area contributed by atoms with Gasteiger partial charge in [-0.15, -0.1) is 0 Å². The lowest BCUT2D eigenvalue weighted by atomic mass is 10.2. The lowest BCUT2D eigenvalue weighted by Gasteiger charge is -2.08. The monoisotopic (exact) mass is 295 g/mol. The highest BCUT2D eigenvalue weighted by Crippen LogP contribution is 2.32. The SMILES string of the molecule is O=Cc1cc(F)cc(Oc2ccc([N+](=O)[O-])cc2Cl)c1. The number of benzene rings is 2. The Morgan fingerprint density at radius 2 is 2.00 bits per heavy atom. The third kappa shape index (κ3) is 3.10. The molecule has 0 aliphatic carbocycles. The normalized spacial score (nSPS) is 10.1. The number of nitro groups is 1. The van der Waals surface area contributed by atoms with Gasteiger partial charge in [-0.05, 0) is 18.2 Å². The molecule has 0 spiro atoms. The minimum absolute atomic E-state index is 0.0103. The average Bonchev–Trinajstić information content (AvgIpc) is 2.40. The number of hydrogen-bond acceptors (Lipinski definition) is 4. The molecule has 0 saturated heterocycles. The van der Waals surface area contributed by atoms with Crippen LogP contribution in [0.15, 0.2) is 36.4 Å². The number of nitro benzene ring substituents is 1. The fraction of sp³-hybridized carbons (Fsp3) is 0. The molecule has 0 heterocycles. The Labute approximate surface area is 117 Å². The summed E-state index contributed by atoms with van der Waals surface area (Å²) < 4.78 is 18.5. The maximum Gasteiger partial charge on any atom is 0.271 e. The third-order valence-electron chi connectivity index (χ3n) is 2.38. The summed E-state index contributed by atoms with van der Waals surface area (Å²) in [6.07, 6.45) is 0.480. The lowest BCUT2D eigenvalue weighted by Crippen LogP contribution is -1.91. The summed E-state index contributed by atoms with van der Waals surface area (Å²) in [7, 11) is 0. The van der Waals surface area contributed by atoms with Crippen molar-refractivity contribution in [1.29, 1.82) is 0 Å². The van der Waals surface area contributed by atoms with Crippen LogP contribution in [0.1, 0.15) is 10.4 Å². The zero-order chi connectivity index (χ0) is 14.7. The molecule has 0 aliphatic rings. The van der Waals surface area contributed by atoms with E-state index < -0.39 is 10.7 Å². The van der Waals surface area contributed by atoms with E-state index in [1.165, 1.54) is 18.2 Å². The molecule has 0 N–H and O–H groups in total. The molecule has 0 atom stereocenters. The first-order valence-corrected chi connectivity index (χ1v) is 5.75. The Balaban J connectivity index is 2.32. The van der Waals surface area contributed by atoms with Crippen molar-refractivity contribution in [3.63, 3.8) is 0 Å². The molecule has 0 fully saturated rings. The topological polar surface area (TPSA) is 69.4 Å². The molecule has 0 aromatic heterocycles. The van der Waals surface area contributed by atoms with Gasteiger partial charge in [0.15, 0.2) is 0 Å². The minimum Gasteiger partial charge on any atom is -0.456 e. The lowest BCUT2D eigenvalue weighted by molar-refractivity contribution is -0.384. The fourth-order valence-electron chi connectivity index (χ4n) is 1.52. The van der Waals surface area contributed by atoms with E-state index in [1.807, 2.05) is 0 Å². The van der Waals surface area contributed by atoms with Gasteiger partial charge in [0, 0.05) is 23.8 Å². The molecule has 0 amide bonds. The Hall–Kier alpha value is -2.47. The van der Waals surface area contributed by atoms with Crippen molar-refractivity contribution < 1.29 is 18.8 Å². The van der Waals surface area contributed by atoms with Crippen LogP contribution in [0.2, 0.25) is 5.02 Å². The van der Waals surface area contributed by atoms with Crippen molar-refractivity contribution in [2.75, 3.05) is 0 Å². The van der Waals surface area contributed by atoms with Crippen LogP contribution in [0.3, 0.4) is 0 Å². The quantitative estimate of drug-likeness (QED) is 0.486. The van der Waals surface area contributed by atoms with E-state index in [1.54, 1.807) is 0 Å². The summed E-state index contributed by atoms with van der Waals surface area (Å²) in [6, 6.07) is 7.08. The van der Waals surface area contributed by atoms with Gasteiger partial charge in [-0.1, -0.05) is 11.6 Å². The zero-order valence-corrected chi connectivity index (χ0v) is 10.6. The Bertz CT molecular complexity index is 690. The van der Waals surface area contributed by atoms with Crippen molar-refractivity contribution in [3.05, 3.63) is 62.9 Å². The number of ether oxygens (including phenoxy) is 1. The molecular weight excluding hydrogens is 289 g/mol. The Kier molecular flexibility index (Phi) is 3.95. The average molecular weight is 296 g/mol. The van der Waals surface area contributed by atoms with E-state index >= 15 is 0 Å². The second kappa shape index (κ2) is 5.66. The van der Waals surface area contributed by atoms with Crippen LogP contribution in [0.4, 0.5) is 10.1 Å². The maximum atomic E-state index is 13.2. The zero-order valence-electron chi connectivity index (χ0n) is 9.88. The molecule has 0 saturated carbocycles. The van der Waals surface area contributed by atoms with Gasteiger partial charge in [-0.25, -0.2) is 4.39 Å². The third-order valence-corrected chi connectivity index (χ3v) is 2.68. The number of hydrogen-bond donors (Lipinski definition) is 0. The van der Waals surface area contributed by atoms with Crippen LogP contribution < -0.4 is 4.74 Å². The van der Waals surface area contributed by atoms with Gasteiger partial charge in [-0.3, -0.25) is 14.9 Å². The molecular formula is C13H7ClFNO4. The first kappa shape index (κ1) is 14.0. The van der Waals surface area contributed by atoms with Crippen LogP contribution in [0.5, 0.6) is 11.5 Å². The molecule has 0 bridgehead atoms. The van der Waals surface area contributed by atoms with Gasteiger partial charge in [-0.2, -0.15) is 0 Å². The predicted molar refractivity (Wildman–Crippen MR) is 70.0 cm³/mol. The molecule has 2 rings (SSSR count). The van der Waals surface area contributed by atoms with Gasteiger partial charge >= 0.3 is 0 Å². The molecule has 102 valence electrons. The largest absolute Gasteiger partial charge is 0.456 e. The van der Waals surface area contributed by atoms with E-state index in [0.29, 0.717) is 6.29 Å². The van der Waals surface area contributed by atoms with Crippen LogP contribution >= 0.6 is 11.6 Å². The number of non-ortho nitro benzene ring substituents is 1. The number of carbonyl (C=O) groups is 1. The van der Waals surface area contributed by atoms with Crippen LogP contribution in [0.25, 0.3) is 0 Å². The van der Waals surface area contributed by atoms with E-state index in [-0.39, 0.29) is 27.8 Å². The highest BCUT2D eigenvalue weighted by atomic mass is 35.5. The number of carbonyl (C=O) groups excluding carboxylic acids is 1. The smallest absolute Gasteiger partial charge is 0.271 e. The highest BCUT2D eigenvalue weighted by Gasteiger charge is 2.11. The van der Waals surface area contributed by atoms with Crippen molar-refractivity contribution in [2.45, 2.75) is 0 Å². The van der Waals surface area contributed by atoms with Gasteiger partial charge in [0.2, 0.25) is 0 Å². The molecule has 2 aromatic rings.